The summed E-state index contributed by atoms with van der Waals surface area (Å²) in [6.45, 7) is 5.20. The topological polar surface area (TPSA) is 32.3 Å². The van der Waals surface area contributed by atoms with Crippen LogP contribution in [0.2, 0.25) is 0 Å². The maximum Gasteiger partial charge on any atom is 0.241 e. The Morgan fingerprint density at radius 2 is 2.30 bits per heavy atom. The first-order chi connectivity index (χ1) is 9.63. The summed E-state index contributed by atoms with van der Waals surface area (Å²) in [7, 11) is 0. The fourth-order valence-corrected chi connectivity index (χ4v) is 3.83. The third-order valence-electron chi connectivity index (χ3n) is 3.52. The first-order valence-electron chi connectivity index (χ1n) is 7.22. The van der Waals surface area contributed by atoms with Crippen LogP contribution in [0.1, 0.15) is 37.7 Å². The molecule has 1 saturated heterocycles. The first kappa shape index (κ1) is 15.9. The summed E-state index contributed by atoms with van der Waals surface area (Å²) in [4.78, 5) is 15.9. The number of nitrogens with one attached hydrogen (secondary N) is 1. The van der Waals surface area contributed by atoms with E-state index in [1.165, 1.54) is 4.88 Å². The number of hydrogen-bond acceptors (Lipinski definition) is 4. The van der Waals surface area contributed by atoms with Crippen molar-refractivity contribution in [2.45, 2.75) is 38.9 Å². The minimum Gasteiger partial charge on any atom is -0.321 e. The zero-order valence-electron chi connectivity index (χ0n) is 12.5. The Balaban J connectivity index is 2.08. The number of nitrogens with zero attached hydrogens (tertiary/aromatic N) is 1. The summed E-state index contributed by atoms with van der Waals surface area (Å²) in [6, 6.07) is 4.16. The van der Waals surface area contributed by atoms with Gasteiger partial charge >= 0.3 is 0 Å². The lowest BCUT2D eigenvalue weighted by molar-refractivity contribution is -0.130. The molecule has 1 N–H and O–H groups in total. The molecule has 1 fully saturated rings. The molecule has 1 amide bonds. The van der Waals surface area contributed by atoms with Gasteiger partial charge in [0.1, 0.15) is 6.17 Å². The number of rotatable bonds is 7. The SMILES string of the molecule is CSCCCN1C(=O)C(CC(C)C)NC1c1cccs1. The quantitative estimate of drug-likeness (QED) is 0.784. The molecule has 0 saturated carbocycles. The van der Waals surface area contributed by atoms with E-state index in [2.05, 4.69) is 42.9 Å². The average Bonchev–Trinajstić information content (AvgIpc) is 3.01. The minimum absolute atomic E-state index is 0.0172. The maximum atomic E-state index is 12.6. The van der Waals surface area contributed by atoms with Gasteiger partial charge in [-0.15, -0.1) is 11.3 Å². The Hall–Kier alpha value is -0.520. The third kappa shape index (κ3) is 3.77. The second kappa shape index (κ2) is 7.48. The Morgan fingerprint density at radius 1 is 1.50 bits per heavy atom. The summed E-state index contributed by atoms with van der Waals surface area (Å²) >= 11 is 3.57. The molecule has 0 aliphatic carbocycles. The Morgan fingerprint density at radius 3 is 2.90 bits per heavy atom. The smallest absolute Gasteiger partial charge is 0.241 e. The van der Waals surface area contributed by atoms with E-state index in [-0.39, 0.29) is 18.1 Å². The van der Waals surface area contributed by atoms with Gasteiger partial charge in [-0.2, -0.15) is 11.8 Å². The third-order valence-corrected chi connectivity index (χ3v) is 5.14. The maximum absolute atomic E-state index is 12.6. The number of carbonyl (C=O) groups excluding carboxylic acids is 1. The van der Waals surface area contributed by atoms with E-state index in [4.69, 9.17) is 0 Å². The second-order valence-corrected chi connectivity index (χ2v) is 7.61. The molecule has 1 aliphatic rings. The van der Waals surface area contributed by atoms with E-state index in [9.17, 15) is 4.79 Å². The van der Waals surface area contributed by atoms with Crippen molar-refractivity contribution >= 4 is 29.0 Å². The zero-order chi connectivity index (χ0) is 14.5. The van der Waals surface area contributed by atoms with Gasteiger partial charge in [0.2, 0.25) is 5.91 Å². The van der Waals surface area contributed by atoms with E-state index < -0.39 is 0 Å². The van der Waals surface area contributed by atoms with Gasteiger partial charge in [-0.3, -0.25) is 10.1 Å². The van der Waals surface area contributed by atoms with Gasteiger partial charge in [-0.1, -0.05) is 19.9 Å². The Labute approximate surface area is 130 Å². The van der Waals surface area contributed by atoms with Crippen LogP contribution in [0.5, 0.6) is 0 Å². The van der Waals surface area contributed by atoms with Crippen LogP contribution in [0, 0.1) is 5.92 Å². The molecule has 0 radical (unpaired) electrons. The van der Waals surface area contributed by atoms with Gasteiger partial charge in [-0.05, 0) is 42.2 Å². The Kier molecular flexibility index (Phi) is 5.93. The monoisotopic (exact) mass is 312 g/mol. The fourth-order valence-electron chi connectivity index (χ4n) is 2.62. The molecule has 3 nitrogen and oxygen atoms in total. The predicted octanol–water partition coefficient (Wildman–Crippen LogP) is 3.35. The highest BCUT2D eigenvalue weighted by Crippen LogP contribution is 2.30. The van der Waals surface area contributed by atoms with Crippen molar-refractivity contribution in [2.24, 2.45) is 5.92 Å². The van der Waals surface area contributed by atoms with Crippen molar-refractivity contribution in [1.82, 2.24) is 10.2 Å². The number of thiophene rings is 1. The van der Waals surface area contributed by atoms with E-state index in [0.717, 1.165) is 25.1 Å². The van der Waals surface area contributed by atoms with E-state index in [0.29, 0.717) is 5.92 Å². The van der Waals surface area contributed by atoms with E-state index in [1.54, 1.807) is 11.3 Å². The van der Waals surface area contributed by atoms with Crippen molar-refractivity contribution in [3.05, 3.63) is 22.4 Å². The molecule has 1 aromatic heterocycles. The number of amides is 1. The Bertz CT molecular complexity index is 420. The number of thioether (sulfide) groups is 1. The van der Waals surface area contributed by atoms with Crippen LogP contribution in [0.4, 0.5) is 0 Å². The molecule has 20 heavy (non-hydrogen) atoms. The average molecular weight is 313 g/mol. The molecule has 2 rings (SSSR count). The summed E-state index contributed by atoms with van der Waals surface area (Å²) < 4.78 is 0. The van der Waals surface area contributed by atoms with Crippen LogP contribution in [-0.2, 0) is 4.79 Å². The van der Waals surface area contributed by atoms with Crippen molar-refractivity contribution in [1.29, 1.82) is 0 Å². The summed E-state index contributed by atoms with van der Waals surface area (Å²) in [5, 5.41) is 5.61. The van der Waals surface area contributed by atoms with E-state index >= 15 is 0 Å². The highest BCUT2D eigenvalue weighted by molar-refractivity contribution is 7.98. The lowest BCUT2D eigenvalue weighted by Crippen LogP contribution is -2.32. The summed E-state index contributed by atoms with van der Waals surface area (Å²) in [6.07, 6.45) is 4.17. The van der Waals surface area contributed by atoms with Gasteiger partial charge < -0.3 is 4.90 Å². The van der Waals surface area contributed by atoms with Crippen LogP contribution < -0.4 is 5.32 Å². The zero-order valence-corrected chi connectivity index (χ0v) is 14.1. The summed E-state index contributed by atoms with van der Waals surface area (Å²) in [5.74, 6) is 1.92. The van der Waals surface area contributed by atoms with Gasteiger partial charge in [0.05, 0.1) is 6.04 Å². The van der Waals surface area contributed by atoms with Crippen LogP contribution in [-0.4, -0.2) is 35.4 Å². The molecule has 0 bridgehead atoms. The van der Waals surface area contributed by atoms with Crippen molar-refractivity contribution < 1.29 is 4.79 Å². The highest BCUT2D eigenvalue weighted by atomic mass is 32.2. The van der Waals surface area contributed by atoms with Crippen molar-refractivity contribution in [2.75, 3.05) is 18.6 Å². The molecule has 2 heterocycles. The standard InChI is InChI=1S/C15H24N2OS2/c1-11(2)10-12-15(18)17(7-5-8-19-3)14(16-12)13-6-4-9-20-13/h4,6,9,11-12,14,16H,5,7-8,10H2,1-3H3. The molecular formula is C15H24N2OS2. The van der Waals surface area contributed by atoms with Gasteiger partial charge in [0, 0.05) is 11.4 Å². The van der Waals surface area contributed by atoms with Crippen LogP contribution in [0.15, 0.2) is 17.5 Å². The molecule has 2 atom stereocenters. The van der Waals surface area contributed by atoms with Crippen LogP contribution in [0.3, 0.4) is 0 Å². The summed E-state index contributed by atoms with van der Waals surface area (Å²) in [5.41, 5.74) is 0. The molecule has 2 unspecified atom stereocenters. The molecular weight excluding hydrogens is 288 g/mol. The molecule has 112 valence electrons. The van der Waals surface area contributed by atoms with Gasteiger partial charge in [0.25, 0.3) is 0 Å². The highest BCUT2D eigenvalue weighted by Gasteiger charge is 2.39. The van der Waals surface area contributed by atoms with Crippen molar-refractivity contribution in [3.63, 3.8) is 0 Å². The number of hydrogen-bond donors (Lipinski definition) is 1. The normalized spacial score (nSPS) is 23.0. The van der Waals surface area contributed by atoms with Gasteiger partial charge in [-0.25, -0.2) is 0 Å². The molecule has 1 aromatic rings. The predicted molar refractivity (Wildman–Crippen MR) is 88.2 cm³/mol. The van der Waals surface area contributed by atoms with Crippen molar-refractivity contribution in [3.8, 4) is 0 Å². The van der Waals surface area contributed by atoms with E-state index in [1.807, 2.05) is 16.7 Å². The molecule has 1 aliphatic heterocycles. The lowest BCUT2D eigenvalue weighted by atomic mass is 10.0. The lowest BCUT2D eigenvalue weighted by Gasteiger charge is -2.23. The van der Waals surface area contributed by atoms with Crippen LogP contribution >= 0.6 is 23.1 Å². The largest absolute Gasteiger partial charge is 0.321 e. The fraction of sp³-hybridized carbons (Fsp3) is 0.667. The first-order valence-corrected chi connectivity index (χ1v) is 9.49. The molecule has 0 spiro atoms. The second-order valence-electron chi connectivity index (χ2n) is 5.64. The number of carbonyl (C=O) groups is 1. The minimum atomic E-state index is -0.0172. The molecule has 0 aromatic carbocycles. The van der Waals surface area contributed by atoms with Crippen LogP contribution in [0.25, 0.3) is 0 Å². The van der Waals surface area contributed by atoms with Gasteiger partial charge in [0.15, 0.2) is 0 Å². The molecule has 5 heteroatoms.